The first-order chi connectivity index (χ1) is 16.8. The third kappa shape index (κ3) is 4.59. The normalized spacial score (nSPS) is 17.1. The maximum atomic E-state index is 10.1. The van der Waals surface area contributed by atoms with Gasteiger partial charge >= 0.3 is 0 Å². The Bertz CT molecular complexity index is 1340. The minimum atomic E-state index is -0.999. The van der Waals surface area contributed by atoms with Crippen LogP contribution in [0, 0.1) is 6.92 Å². The maximum Gasteiger partial charge on any atom is 0.261 e. The number of aryl methyl sites for hydroxylation is 1. The van der Waals surface area contributed by atoms with E-state index in [4.69, 9.17) is 9.26 Å². The van der Waals surface area contributed by atoms with E-state index in [2.05, 4.69) is 30.7 Å². The van der Waals surface area contributed by atoms with E-state index in [1.165, 1.54) is 0 Å². The second-order valence-corrected chi connectivity index (χ2v) is 8.79. The second-order valence-electron chi connectivity index (χ2n) is 8.79. The fraction of sp³-hybridized carbons (Fsp3) is 0.280. The van der Waals surface area contributed by atoms with Crippen LogP contribution in [0.1, 0.15) is 48.8 Å². The summed E-state index contributed by atoms with van der Waals surface area (Å²) in [6.45, 7) is 5.34. The zero-order valence-corrected chi connectivity index (χ0v) is 19.6. The Morgan fingerprint density at radius 3 is 2.60 bits per heavy atom. The number of pyridine rings is 2. The number of benzene rings is 1. The van der Waals surface area contributed by atoms with E-state index in [9.17, 15) is 10.2 Å². The SMILES string of the molecule is Cc1noc(-c2cnc(Nc3ccc4c(n3)C(C)(C)OC4O)cc2N[C@H](CO)c2ccccc2)n1. The molecule has 0 spiro atoms. The molecule has 1 aliphatic heterocycles. The summed E-state index contributed by atoms with van der Waals surface area (Å²) in [7, 11) is 0. The van der Waals surface area contributed by atoms with Crippen molar-refractivity contribution in [3.05, 3.63) is 77.4 Å². The Kier molecular flexibility index (Phi) is 5.93. The predicted molar refractivity (Wildman–Crippen MR) is 129 cm³/mol. The van der Waals surface area contributed by atoms with Crippen LogP contribution in [0.3, 0.4) is 0 Å². The van der Waals surface area contributed by atoms with Crippen molar-refractivity contribution in [3.8, 4) is 11.5 Å². The van der Waals surface area contributed by atoms with Crippen LogP contribution < -0.4 is 10.6 Å². The molecule has 1 aliphatic rings. The second kappa shape index (κ2) is 9.06. The topological polar surface area (TPSA) is 138 Å². The Hall–Kier alpha value is -3.86. The molecule has 0 saturated carbocycles. The number of nitrogens with one attached hydrogen (secondary N) is 2. The molecule has 1 unspecified atom stereocenters. The zero-order chi connectivity index (χ0) is 24.6. The third-order valence-electron chi connectivity index (χ3n) is 5.80. The van der Waals surface area contributed by atoms with E-state index >= 15 is 0 Å². The highest BCUT2D eigenvalue weighted by Gasteiger charge is 2.38. The summed E-state index contributed by atoms with van der Waals surface area (Å²) in [5.74, 6) is 1.89. The van der Waals surface area contributed by atoms with Gasteiger partial charge in [0.1, 0.15) is 17.2 Å². The van der Waals surface area contributed by atoms with Crippen LogP contribution in [-0.2, 0) is 10.3 Å². The van der Waals surface area contributed by atoms with Crippen LogP contribution >= 0.6 is 0 Å². The molecular formula is C25H26N6O4. The number of rotatable bonds is 7. The average Bonchev–Trinajstić information content (AvgIpc) is 3.37. The first kappa shape index (κ1) is 22.9. The Morgan fingerprint density at radius 1 is 1.09 bits per heavy atom. The van der Waals surface area contributed by atoms with E-state index in [1.54, 1.807) is 31.3 Å². The quantitative estimate of drug-likeness (QED) is 0.311. The van der Waals surface area contributed by atoms with Gasteiger partial charge in [0.05, 0.1) is 29.6 Å². The van der Waals surface area contributed by atoms with Crippen LogP contribution in [0.4, 0.5) is 17.3 Å². The molecule has 0 bridgehead atoms. The van der Waals surface area contributed by atoms with Gasteiger partial charge in [0.15, 0.2) is 12.1 Å². The van der Waals surface area contributed by atoms with E-state index in [1.807, 2.05) is 44.2 Å². The van der Waals surface area contributed by atoms with Crippen LogP contribution in [0.25, 0.3) is 11.5 Å². The predicted octanol–water partition coefficient (Wildman–Crippen LogP) is 3.98. The molecule has 5 rings (SSSR count). The van der Waals surface area contributed by atoms with Gasteiger partial charge in [0.25, 0.3) is 5.89 Å². The van der Waals surface area contributed by atoms with Gasteiger partial charge in [-0.15, -0.1) is 0 Å². The lowest BCUT2D eigenvalue weighted by atomic mass is 10.0. The van der Waals surface area contributed by atoms with Crippen LogP contribution in [0.5, 0.6) is 0 Å². The molecule has 0 aliphatic carbocycles. The molecule has 35 heavy (non-hydrogen) atoms. The molecule has 4 aromatic rings. The van der Waals surface area contributed by atoms with Gasteiger partial charge in [-0.25, -0.2) is 9.97 Å². The number of anilines is 3. The first-order valence-electron chi connectivity index (χ1n) is 11.2. The Morgan fingerprint density at radius 2 is 1.89 bits per heavy atom. The number of aliphatic hydroxyl groups excluding tert-OH is 2. The highest BCUT2D eigenvalue weighted by Crippen LogP contribution is 2.41. The van der Waals surface area contributed by atoms with Gasteiger partial charge in [-0.2, -0.15) is 4.98 Å². The lowest BCUT2D eigenvalue weighted by Crippen LogP contribution is -2.17. The van der Waals surface area contributed by atoms with Crippen LogP contribution in [0.2, 0.25) is 0 Å². The molecule has 1 aromatic carbocycles. The van der Waals surface area contributed by atoms with Gasteiger partial charge < -0.3 is 30.1 Å². The highest BCUT2D eigenvalue weighted by atomic mass is 16.6. The molecule has 3 aromatic heterocycles. The molecule has 0 amide bonds. The molecule has 4 N–H and O–H groups in total. The summed E-state index contributed by atoms with van der Waals surface area (Å²) in [4.78, 5) is 13.5. The summed E-state index contributed by atoms with van der Waals surface area (Å²) in [5, 5.41) is 30.7. The highest BCUT2D eigenvalue weighted by molar-refractivity contribution is 5.75. The molecular weight excluding hydrogens is 448 g/mol. The van der Waals surface area contributed by atoms with Crippen molar-refractivity contribution in [1.82, 2.24) is 20.1 Å². The Balaban J connectivity index is 1.49. The number of aliphatic hydroxyl groups is 2. The van der Waals surface area contributed by atoms with E-state index in [-0.39, 0.29) is 12.6 Å². The maximum absolute atomic E-state index is 10.1. The van der Waals surface area contributed by atoms with Gasteiger partial charge in [0.2, 0.25) is 0 Å². The van der Waals surface area contributed by atoms with Crippen LogP contribution in [0.15, 0.2) is 59.3 Å². The molecule has 4 heterocycles. The molecule has 2 atom stereocenters. The smallest absolute Gasteiger partial charge is 0.261 e. The van der Waals surface area contributed by atoms with Crippen molar-refractivity contribution in [2.75, 3.05) is 17.2 Å². The lowest BCUT2D eigenvalue weighted by Gasteiger charge is -2.20. The average molecular weight is 475 g/mol. The number of fused-ring (bicyclic) bond motifs is 1. The molecule has 10 nitrogen and oxygen atoms in total. The number of hydrogen-bond acceptors (Lipinski definition) is 10. The molecule has 10 heteroatoms. The summed E-state index contributed by atoms with van der Waals surface area (Å²) in [6, 6.07) is 14.6. The molecule has 180 valence electrons. The zero-order valence-electron chi connectivity index (χ0n) is 19.6. The fourth-order valence-corrected chi connectivity index (χ4v) is 4.08. The Labute approximate surface area is 202 Å². The van der Waals surface area contributed by atoms with E-state index < -0.39 is 11.9 Å². The van der Waals surface area contributed by atoms with Gasteiger partial charge in [-0.3, -0.25) is 0 Å². The minimum Gasteiger partial charge on any atom is -0.394 e. The summed E-state index contributed by atoms with van der Waals surface area (Å²) < 4.78 is 11.0. The number of ether oxygens (including phenoxy) is 1. The van der Waals surface area contributed by atoms with Crippen molar-refractivity contribution in [1.29, 1.82) is 0 Å². The molecule has 0 fully saturated rings. The van der Waals surface area contributed by atoms with Crippen molar-refractivity contribution in [3.63, 3.8) is 0 Å². The standard InChI is InChI=1S/C25H26N6O4/c1-14-27-23(35-31-14)17-12-26-21(11-18(17)28-19(13-32)15-7-5-4-6-8-15)29-20-10-9-16-22(30-20)25(2,3)34-24(16)33/h4-12,19,24,32-33H,13H2,1-3H3,(H2,26,28,29,30)/t19-,24?/m1/s1. The third-order valence-corrected chi connectivity index (χ3v) is 5.80. The summed E-state index contributed by atoms with van der Waals surface area (Å²) in [6.07, 6.45) is 0.627. The summed E-state index contributed by atoms with van der Waals surface area (Å²) in [5.41, 5.74) is 2.77. The fourth-order valence-electron chi connectivity index (χ4n) is 4.08. The largest absolute Gasteiger partial charge is 0.394 e. The van der Waals surface area contributed by atoms with Crippen LogP contribution in [-0.4, -0.2) is 36.9 Å². The van der Waals surface area contributed by atoms with E-state index in [0.717, 1.165) is 5.56 Å². The monoisotopic (exact) mass is 474 g/mol. The van der Waals surface area contributed by atoms with Crippen molar-refractivity contribution in [2.45, 2.75) is 38.7 Å². The lowest BCUT2D eigenvalue weighted by molar-refractivity contribution is -0.158. The van der Waals surface area contributed by atoms with Gasteiger partial charge in [0, 0.05) is 17.8 Å². The minimum absolute atomic E-state index is 0.124. The van der Waals surface area contributed by atoms with Crippen molar-refractivity contribution in [2.24, 2.45) is 0 Å². The number of nitrogens with zero attached hydrogens (tertiary/aromatic N) is 4. The van der Waals surface area contributed by atoms with E-state index in [0.29, 0.717) is 45.9 Å². The summed E-state index contributed by atoms with van der Waals surface area (Å²) >= 11 is 0. The number of aromatic nitrogens is 4. The molecule has 0 saturated heterocycles. The molecule has 0 radical (unpaired) electrons. The van der Waals surface area contributed by atoms with Gasteiger partial charge in [-0.1, -0.05) is 35.5 Å². The first-order valence-corrected chi connectivity index (χ1v) is 11.2. The van der Waals surface area contributed by atoms with Gasteiger partial charge in [-0.05, 0) is 38.5 Å². The van der Waals surface area contributed by atoms with Crippen molar-refractivity contribution >= 4 is 17.3 Å². The van der Waals surface area contributed by atoms with Crippen molar-refractivity contribution < 1.29 is 19.5 Å². The number of hydrogen-bond donors (Lipinski definition) is 4.